The highest BCUT2D eigenvalue weighted by molar-refractivity contribution is 6.01. The summed E-state index contributed by atoms with van der Waals surface area (Å²) in [7, 11) is 0. The average Bonchev–Trinajstić information content (AvgIpc) is 2.79. The van der Waals surface area contributed by atoms with Crippen molar-refractivity contribution in [2.24, 2.45) is 0 Å². The summed E-state index contributed by atoms with van der Waals surface area (Å²) in [5.74, 6) is -1.21. The second-order valence-electron chi connectivity index (χ2n) is 7.81. The van der Waals surface area contributed by atoms with Gasteiger partial charge in [-0.3, -0.25) is 4.79 Å². The molecule has 3 N–H and O–H groups in total. The van der Waals surface area contributed by atoms with Crippen LogP contribution in [-0.4, -0.2) is 45.1 Å². The third-order valence-corrected chi connectivity index (χ3v) is 5.59. The average molecular weight is 460 g/mol. The SMILES string of the molecule is Nc1ncc(-c2ccc(-c3ccc(C(F)(F)F)cc3C(=O)N3CCC(O)CC3)cc2F)cn1. The smallest absolute Gasteiger partial charge is 0.393 e. The van der Waals surface area contributed by atoms with Crippen molar-refractivity contribution in [3.63, 3.8) is 0 Å². The van der Waals surface area contributed by atoms with Crippen LogP contribution in [0, 0.1) is 5.82 Å². The Kier molecular flexibility index (Phi) is 6.03. The molecule has 1 aromatic heterocycles. The maximum atomic E-state index is 14.9. The highest BCUT2D eigenvalue weighted by Gasteiger charge is 2.33. The number of benzene rings is 2. The van der Waals surface area contributed by atoms with Crippen molar-refractivity contribution in [1.82, 2.24) is 14.9 Å². The Morgan fingerprint density at radius 2 is 1.64 bits per heavy atom. The Balaban J connectivity index is 1.75. The Morgan fingerprint density at radius 1 is 1.00 bits per heavy atom. The zero-order chi connectivity index (χ0) is 23.8. The number of carbonyl (C=O) groups is 1. The van der Waals surface area contributed by atoms with Crippen LogP contribution in [0.1, 0.15) is 28.8 Å². The van der Waals surface area contributed by atoms with Gasteiger partial charge in [0, 0.05) is 42.2 Å². The summed E-state index contributed by atoms with van der Waals surface area (Å²) in [4.78, 5) is 22.2. The van der Waals surface area contributed by atoms with Gasteiger partial charge in [-0.2, -0.15) is 13.2 Å². The van der Waals surface area contributed by atoms with Crippen molar-refractivity contribution in [2.75, 3.05) is 18.8 Å². The molecule has 3 aromatic rings. The minimum atomic E-state index is -4.64. The highest BCUT2D eigenvalue weighted by Crippen LogP contribution is 2.35. The van der Waals surface area contributed by atoms with Crippen LogP contribution in [0.3, 0.4) is 0 Å². The van der Waals surface area contributed by atoms with Crippen LogP contribution in [0.5, 0.6) is 0 Å². The largest absolute Gasteiger partial charge is 0.416 e. The maximum Gasteiger partial charge on any atom is 0.416 e. The van der Waals surface area contributed by atoms with Crippen LogP contribution in [0.2, 0.25) is 0 Å². The molecule has 33 heavy (non-hydrogen) atoms. The van der Waals surface area contributed by atoms with E-state index in [1.54, 1.807) is 0 Å². The lowest BCUT2D eigenvalue weighted by atomic mass is 9.94. The Labute approximate surface area is 186 Å². The molecule has 0 unspecified atom stereocenters. The van der Waals surface area contributed by atoms with Crippen molar-refractivity contribution < 1.29 is 27.5 Å². The highest BCUT2D eigenvalue weighted by atomic mass is 19.4. The third-order valence-electron chi connectivity index (χ3n) is 5.59. The molecule has 0 saturated carbocycles. The molecule has 172 valence electrons. The summed E-state index contributed by atoms with van der Waals surface area (Å²) in [6.07, 6.45) is -1.79. The predicted molar refractivity (Wildman–Crippen MR) is 113 cm³/mol. The first kappa shape index (κ1) is 22.7. The van der Waals surface area contributed by atoms with Crippen molar-refractivity contribution in [2.45, 2.75) is 25.1 Å². The topological polar surface area (TPSA) is 92.3 Å². The van der Waals surface area contributed by atoms with Crippen molar-refractivity contribution in [3.05, 3.63) is 65.7 Å². The number of aromatic nitrogens is 2. The fourth-order valence-electron chi connectivity index (χ4n) is 3.78. The van der Waals surface area contributed by atoms with E-state index in [2.05, 4.69) is 9.97 Å². The van der Waals surface area contributed by atoms with Gasteiger partial charge in [-0.15, -0.1) is 0 Å². The molecule has 1 aliphatic heterocycles. The number of halogens is 4. The van der Waals surface area contributed by atoms with Gasteiger partial charge < -0.3 is 15.7 Å². The number of nitrogens with two attached hydrogens (primary N) is 1. The number of rotatable bonds is 3. The maximum absolute atomic E-state index is 14.9. The molecule has 0 aliphatic carbocycles. The molecule has 0 atom stereocenters. The van der Waals surface area contributed by atoms with Crippen molar-refractivity contribution in [1.29, 1.82) is 0 Å². The second kappa shape index (κ2) is 8.78. The minimum Gasteiger partial charge on any atom is -0.393 e. The Morgan fingerprint density at radius 3 is 2.24 bits per heavy atom. The molecule has 1 saturated heterocycles. The van der Waals surface area contributed by atoms with Crippen LogP contribution in [-0.2, 0) is 6.18 Å². The van der Waals surface area contributed by atoms with Crippen molar-refractivity contribution >= 4 is 11.9 Å². The number of alkyl halides is 3. The minimum absolute atomic E-state index is 0.0360. The van der Waals surface area contributed by atoms with E-state index in [9.17, 15) is 27.5 Å². The van der Waals surface area contributed by atoms with Gasteiger partial charge in [0.2, 0.25) is 5.95 Å². The molecule has 4 rings (SSSR count). The molecule has 0 spiro atoms. The fourth-order valence-corrected chi connectivity index (χ4v) is 3.78. The van der Waals surface area contributed by atoms with E-state index in [0.717, 1.165) is 18.2 Å². The van der Waals surface area contributed by atoms with Gasteiger partial charge in [0.1, 0.15) is 5.82 Å². The summed E-state index contributed by atoms with van der Waals surface area (Å²) in [6.45, 7) is 0.445. The van der Waals surface area contributed by atoms with Gasteiger partial charge >= 0.3 is 6.18 Å². The van der Waals surface area contributed by atoms with Gasteiger partial charge in [-0.1, -0.05) is 18.2 Å². The normalized spacial score (nSPS) is 15.0. The van der Waals surface area contributed by atoms with E-state index in [1.165, 1.54) is 35.5 Å². The van der Waals surface area contributed by atoms with Gasteiger partial charge in [0.05, 0.1) is 11.7 Å². The quantitative estimate of drug-likeness (QED) is 0.573. The standard InChI is InChI=1S/C23H20F4N4O2/c24-20-9-13(1-3-18(20)14-11-29-22(28)30-12-14)17-4-2-15(23(25,26)27)10-19(17)21(33)31-7-5-16(32)6-8-31/h1-4,9-12,16,32H,5-8H2,(H2,28,29,30). The molecule has 1 aliphatic rings. The molecule has 10 heteroatoms. The van der Waals surface area contributed by atoms with E-state index in [1.807, 2.05) is 0 Å². The van der Waals surface area contributed by atoms with Crippen LogP contribution < -0.4 is 5.73 Å². The number of aliphatic hydroxyl groups is 1. The van der Waals surface area contributed by atoms with Gasteiger partial charge in [0.25, 0.3) is 5.91 Å². The number of amides is 1. The van der Waals surface area contributed by atoms with E-state index in [4.69, 9.17) is 5.73 Å². The molecular weight excluding hydrogens is 440 g/mol. The van der Waals surface area contributed by atoms with E-state index < -0.39 is 29.6 Å². The number of hydrogen-bond acceptors (Lipinski definition) is 5. The molecule has 0 radical (unpaired) electrons. The van der Waals surface area contributed by atoms with Gasteiger partial charge in [-0.25, -0.2) is 14.4 Å². The van der Waals surface area contributed by atoms with Crippen LogP contribution in [0.15, 0.2) is 48.8 Å². The van der Waals surface area contributed by atoms with Crippen LogP contribution >= 0.6 is 0 Å². The molecule has 2 heterocycles. The van der Waals surface area contributed by atoms with Gasteiger partial charge in [0.15, 0.2) is 0 Å². The van der Waals surface area contributed by atoms with Gasteiger partial charge in [-0.05, 0) is 42.2 Å². The van der Waals surface area contributed by atoms with Crippen LogP contribution in [0.25, 0.3) is 22.3 Å². The number of likely N-dealkylation sites (tertiary alicyclic amines) is 1. The zero-order valence-electron chi connectivity index (χ0n) is 17.3. The predicted octanol–water partition coefficient (Wildman–Crippen LogP) is 4.15. The second-order valence-corrected chi connectivity index (χ2v) is 7.81. The van der Waals surface area contributed by atoms with E-state index in [0.29, 0.717) is 18.4 Å². The number of anilines is 1. The number of piperidine rings is 1. The number of hydrogen-bond donors (Lipinski definition) is 2. The summed E-state index contributed by atoms with van der Waals surface area (Å²) in [5, 5.41) is 9.68. The monoisotopic (exact) mass is 460 g/mol. The van der Waals surface area contributed by atoms with Crippen LogP contribution in [0.4, 0.5) is 23.5 Å². The van der Waals surface area contributed by atoms with E-state index in [-0.39, 0.29) is 41.3 Å². The summed E-state index contributed by atoms with van der Waals surface area (Å²) in [5.41, 5.74) is 5.30. The Hall–Kier alpha value is -3.53. The molecule has 2 aromatic carbocycles. The summed E-state index contributed by atoms with van der Waals surface area (Å²) < 4.78 is 55.0. The molecule has 1 amide bonds. The molecule has 0 bridgehead atoms. The van der Waals surface area contributed by atoms with Crippen molar-refractivity contribution in [3.8, 4) is 22.3 Å². The zero-order valence-corrected chi connectivity index (χ0v) is 17.3. The molecule has 6 nitrogen and oxygen atoms in total. The lowest BCUT2D eigenvalue weighted by Gasteiger charge is -2.30. The number of nitrogen functional groups attached to an aromatic ring is 1. The molecule has 1 fully saturated rings. The number of nitrogens with zero attached hydrogens (tertiary/aromatic N) is 3. The lowest BCUT2D eigenvalue weighted by Crippen LogP contribution is -2.40. The van der Waals surface area contributed by atoms with E-state index >= 15 is 0 Å². The first-order chi connectivity index (χ1) is 15.6. The fraction of sp³-hybridized carbons (Fsp3) is 0.261. The molecular formula is C23H20F4N4O2. The Bertz CT molecular complexity index is 1170. The third kappa shape index (κ3) is 4.80. The lowest BCUT2D eigenvalue weighted by molar-refractivity contribution is -0.137. The number of carbonyl (C=O) groups excluding carboxylic acids is 1. The summed E-state index contributed by atoms with van der Waals surface area (Å²) in [6, 6.07) is 6.96. The summed E-state index contributed by atoms with van der Waals surface area (Å²) >= 11 is 0. The first-order valence-corrected chi connectivity index (χ1v) is 10.2. The number of aliphatic hydroxyl groups excluding tert-OH is 1. The first-order valence-electron chi connectivity index (χ1n) is 10.2.